The Bertz CT molecular complexity index is 797. The van der Waals surface area contributed by atoms with Crippen LogP contribution in [0.2, 0.25) is 10.0 Å². The number of halogens is 2. The average molecular weight is 328 g/mol. The molecule has 0 unspecified atom stereocenters. The summed E-state index contributed by atoms with van der Waals surface area (Å²) in [6.45, 7) is 0. The molecule has 108 valence electrons. The molecule has 4 rings (SSSR count). The van der Waals surface area contributed by atoms with Crippen molar-refractivity contribution < 1.29 is 4.74 Å². The lowest BCUT2D eigenvalue weighted by Crippen LogP contribution is -2.15. The molecule has 0 amide bonds. The second-order valence-electron chi connectivity index (χ2n) is 5.00. The largest absolute Gasteiger partial charge is 0.453 e. The van der Waals surface area contributed by atoms with E-state index >= 15 is 0 Å². The van der Waals surface area contributed by atoms with Gasteiger partial charge in [-0.2, -0.15) is 0 Å². The maximum Gasteiger partial charge on any atom is 0.151 e. The summed E-state index contributed by atoms with van der Waals surface area (Å²) < 4.78 is 5.98. The summed E-state index contributed by atoms with van der Waals surface area (Å²) in [6.07, 6.45) is 0. The Morgan fingerprint density at radius 1 is 0.682 bits per heavy atom. The Balaban J connectivity index is 1.98. The molecular weight excluding hydrogens is 317 g/mol. The third-order valence-corrected chi connectivity index (χ3v) is 3.97. The summed E-state index contributed by atoms with van der Waals surface area (Å²) >= 11 is 12.4. The van der Waals surface area contributed by atoms with E-state index in [1.807, 2.05) is 60.7 Å². The molecule has 0 saturated heterocycles. The van der Waals surface area contributed by atoms with Crippen molar-refractivity contribution in [3.05, 3.63) is 76.8 Å². The van der Waals surface area contributed by atoms with E-state index < -0.39 is 0 Å². The van der Waals surface area contributed by atoms with Crippen molar-refractivity contribution in [3.63, 3.8) is 0 Å². The third kappa shape index (κ3) is 2.21. The van der Waals surface area contributed by atoms with Crippen LogP contribution in [-0.2, 0) is 0 Å². The molecule has 2 nitrogen and oxygen atoms in total. The lowest BCUT2D eigenvalue weighted by molar-refractivity contribution is 0.477. The quantitative estimate of drug-likeness (QED) is 0.392. The van der Waals surface area contributed by atoms with Gasteiger partial charge in [-0.3, -0.25) is 0 Å². The van der Waals surface area contributed by atoms with E-state index in [0.29, 0.717) is 10.0 Å². The minimum Gasteiger partial charge on any atom is -0.453 e. The number of hydrogen-bond donors (Lipinski definition) is 0. The zero-order valence-electron chi connectivity index (χ0n) is 11.5. The number of nitrogens with zero attached hydrogens (tertiary/aromatic N) is 1. The summed E-state index contributed by atoms with van der Waals surface area (Å²) in [5, 5.41) is 1.20. The van der Waals surface area contributed by atoms with E-state index in [2.05, 4.69) is 4.90 Å². The molecule has 0 spiro atoms. The van der Waals surface area contributed by atoms with Crippen LogP contribution in [-0.4, -0.2) is 0 Å². The summed E-state index contributed by atoms with van der Waals surface area (Å²) in [4.78, 5) is 2.10. The molecule has 3 aromatic carbocycles. The first-order valence-electron chi connectivity index (χ1n) is 6.84. The van der Waals surface area contributed by atoms with Gasteiger partial charge in [0.2, 0.25) is 0 Å². The number of para-hydroxylation sites is 4. The minimum atomic E-state index is 0.601. The summed E-state index contributed by atoms with van der Waals surface area (Å²) in [5.41, 5.74) is 2.82. The zero-order chi connectivity index (χ0) is 15.1. The summed E-state index contributed by atoms with van der Waals surface area (Å²) in [5.74, 6) is 1.61. The molecule has 1 aliphatic heterocycles. The van der Waals surface area contributed by atoms with Crippen molar-refractivity contribution in [2.45, 2.75) is 0 Å². The van der Waals surface area contributed by atoms with Crippen molar-refractivity contribution in [3.8, 4) is 11.5 Å². The third-order valence-electron chi connectivity index (χ3n) is 3.54. The first-order chi connectivity index (χ1) is 10.7. The first kappa shape index (κ1) is 13.5. The van der Waals surface area contributed by atoms with E-state index in [1.54, 1.807) is 6.07 Å². The normalized spacial score (nSPS) is 12.4. The van der Waals surface area contributed by atoms with Gasteiger partial charge in [-0.15, -0.1) is 0 Å². The van der Waals surface area contributed by atoms with Gasteiger partial charge < -0.3 is 9.64 Å². The number of benzene rings is 3. The van der Waals surface area contributed by atoms with Crippen molar-refractivity contribution in [2.24, 2.45) is 0 Å². The van der Waals surface area contributed by atoms with Gasteiger partial charge in [0.05, 0.1) is 11.4 Å². The molecule has 1 heterocycles. The minimum absolute atomic E-state index is 0.601. The van der Waals surface area contributed by atoms with Gasteiger partial charge in [-0.25, -0.2) is 0 Å². The zero-order valence-corrected chi connectivity index (χ0v) is 13.0. The molecule has 3 aromatic rings. The second kappa shape index (κ2) is 5.24. The van der Waals surface area contributed by atoms with E-state index in [0.717, 1.165) is 28.6 Å². The molecule has 0 radical (unpaired) electrons. The predicted molar refractivity (Wildman–Crippen MR) is 91.2 cm³/mol. The molecule has 0 bridgehead atoms. The van der Waals surface area contributed by atoms with Crippen LogP contribution in [0.5, 0.6) is 11.5 Å². The molecule has 0 aliphatic carbocycles. The van der Waals surface area contributed by atoms with E-state index in [-0.39, 0.29) is 0 Å². The maximum atomic E-state index is 6.18. The van der Waals surface area contributed by atoms with Crippen LogP contribution in [0.15, 0.2) is 66.7 Å². The smallest absolute Gasteiger partial charge is 0.151 e. The maximum absolute atomic E-state index is 6.18. The van der Waals surface area contributed by atoms with E-state index in [4.69, 9.17) is 27.9 Å². The number of anilines is 3. The highest BCUT2D eigenvalue weighted by Gasteiger charge is 2.25. The first-order valence-corrected chi connectivity index (χ1v) is 7.60. The van der Waals surface area contributed by atoms with Crippen LogP contribution in [0.4, 0.5) is 17.1 Å². The number of hydrogen-bond acceptors (Lipinski definition) is 2. The molecule has 0 atom stereocenters. The van der Waals surface area contributed by atoms with Gasteiger partial charge in [0.25, 0.3) is 0 Å². The molecule has 22 heavy (non-hydrogen) atoms. The summed E-state index contributed by atoms with van der Waals surface area (Å²) in [6, 6.07) is 21.3. The van der Waals surface area contributed by atoms with Crippen molar-refractivity contribution in [1.29, 1.82) is 0 Å². The highest BCUT2D eigenvalue weighted by molar-refractivity contribution is 6.35. The SMILES string of the molecule is Clc1cc(Cl)cc(N2c3ccccc3Oc3ccccc32)c1. The van der Waals surface area contributed by atoms with Gasteiger partial charge >= 0.3 is 0 Å². The van der Waals surface area contributed by atoms with Gasteiger partial charge in [-0.1, -0.05) is 47.5 Å². The van der Waals surface area contributed by atoms with Crippen LogP contribution in [0.3, 0.4) is 0 Å². The molecule has 0 fully saturated rings. The molecule has 0 saturated carbocycles. The predicted octanol–water partition coefficient (Wildman–Crippen LogP) is 6.57. The molecule has 0 N–H and O–H groups in total. The Morgan fingerprint density at radius 3 is 1.73 bits per heavy atom. The fourth-order valence-corrected chi connectivity index (χ4v) is 3.17. The lowest BCUT2D eigenvalue weighted by Gasteiger charge is -2.32. The highest BCUT2D eigenvalue weighted by atomic mass is 35.5. The van der Waals surface area contributed by atoms with Crippen LogP contribution < -0.4 is 9.64 Å². The molecule has 0 aromatic heterocycles. The van der Waals surface area contributed by atoms with Gasteiger partial charge in [0, 0.05) is 15.7 Å². The fraction of sp³-hybridized carbons (Fsp3) is 0. The van der Waals surface area contributed by atoms with Crippen LogP contribution in [0, 0.1) is 0 Å². The number of rotatable bonds is 1. The van der Waals surface area contributed by atoms with E-state index in [9.17, 15) is 0 Å². The number of fused-ring (bicyclic) bond motifs is 2. The van der Waals surface area contributed by atoms with Gasteiger partial charge in [0.1, 0.15) is 0 Å². The summed E-state index contributed by atoms with van der Waals surface area (Å²) in [7, 11) is 0. The monoisotopic (exact) mass is 327 g/mol. The van der Waals surface area contributed by atoms with Crippen molar-refractivity contribution >= 4 is 40.3 Å². The number of ether oxygens (including phenoxy) is 1. The van der Waals surface area contributed by atoms with Crippen LogP contribution >= 0.6 is 23.2 Å². The van der Waals surface area contributed by atoms with Crippen LogP contribution in [0.25, 0.3) is 0 Å². The van der Waals surface area contributed by atoms with E-state index in [1.165, 1.54) is 0 Å². The Hall–Kier alpha value is -2.16. The van der Waals surface area contributed by atoms with Crippen molar-refractivity contribution in [1.82, 2.24) is 0 Å². The standard InChI is InChI=1S/C18H11Cl2NO/c19-12-9-13(20)11-14(10-12)21-15-5-1-3-7-17(15)22-18-8-4-2-6-16(18)21/h1-11H. The second-order valence-corrected chi connectivity index (χ2v) is 5.87. The highest BCUT2D eigenvalue weighted by Crippen LogP contribution is 2.50. The fourth-order valence-electron chi connectivity index (χ4n) is 2.65. The Labute approximate surface area is 138 Å². The molecule has 1 aliphatic rings. The lowest BCUT2D eigenvalue weighted by atomic mass is 10.1. The van der Waals surface area contributed by atoms with Gasteiger partial charge in [0.15, 0.2) is 11.5 Å². The molecular formula is C18H11Cl2NO. The van der Waals surface area contributed by atoms with Crippen LogP contribution in [0.1, 0.15) is 0 Å². The van der Waals surface area contributed by atoms with Gasteiger partial charge in [-0.05, 0) is 42.5 Å². The average Bonchev–Trinajstić information content (AvgIpc) is 2.51. The Morgan fingerprint density at radius 2 is 1.18 bits per heavy atom. The molecule has 4 heteroatoms. The van der Waals surface area contributed by atoms with Crippen molar-refractivity contribution in [2.75, 3.05) is 4.90 Å². The Kier molecular flexibility index (Phi) is 3.21. The topological polar surface area (TPSA) is 12.5 Å².